The lowest BCUT2D eigenvalue weighted by atomic mass is 10.2. The van der Waals surface area contributed by atoms with E-state index in [-0.39, 0.29) is 6.61 Å². The van der Waals surface area contributed by atoms with Crippen molar-refractivity contribution in [3.8, 4) is 5.75 Å². The van der Waals surface area contributed by atoms with Gasteiger partial charge in [0.15, 0.2) is 0 Å². The Hall–Kier alpha value is -1.88. The first kappa shape index (κ1) is 13.5. The van der Waals surface area contributed by atoms with Crippen LogP contribution in [0.2, 0.25) is 0 Å². The highest BCUT2D eigenvalue weighted by Gasteiger charge is 2.08. The van der Waals surface area contributed by atoms with Crippen LogP contribution in [0.4, 0.5) is 0 Å². The quantitative estimate of drug-likeness (QED) is 0.641. The topological polar surface area (TPSA) is 48.4 Å². The second-order valence-electron chi connectivity index (χ2n) is 3.80. The summed E-state index contributed by atoms with van der Waals surface area (Å²) in [5.74, 6) is 0.335. The molecule has 0 atom stereocenters. The van der Waals surface area contributed by atoms with Crippen molar-refractivity contribution in [3.05, 3.63) is 58.3 Å². The first-order valence-corrected chi connectivity index (χ1v) is 6.40. The van der Waals surface area contributed by atoms with Crippen molar-refractivity contribution in [2.75, 3.05) is 7.11 Å². The molecule has 0 bridgehead atoms. The molecular formula is C14H12BrNO3. The summed E-state index contributed by atoms with van der Waals surface area (Å²) in [6.07, 6.45) is 1.47. The van der Waals surface area contributed by atoms with Crippen LogP contribution in [0.15, 0.2) is 47.2 Å². The predicted molar refractivity (Wildman–Crippen MR) is 74.1 cm³/mol. The van der Waals surface area contributed by atoms with E-state index in [1.165, 1.54) is 6.20 Å². The summed E-state index contributed by atoms with van der Waals surface area (Å²) in [4.78, 5) is 15.8. The minimum absolute atomic E-state index is 0.200. The molecule has 0 radical (unpaired) electrons. The molecule has 2 aromatic rings. The van der Waals surface area contributed by atoms with Crippen LogP contribution >= 0.6 is 15.9 Å². The van der Waals surface area contributed by atoms with Crippen LogP contribution in [0.25, 0.3) is 0 Å². The van der Waals surface area contributed by atoms with Crippen molar-refractivity contribution < 1.29 is 14.3 Å². The third-order valence-corrected chi connectivity index (χ3v) is 2.94. The first-order valence-electron chi connectivity index (χ1n) is 5.60. The maximum absolute atomic E-state index is 11.8. The van der Waals surface area contributed by atoms with Gasteiger partial charge in [0.1, 0.15) is 17.0 Å². The number of halogens is 1. The van der Waals surface area contributed by atoms with E-state index in [2.05, 4.69) is 20.9 Å². The molecule has 0 fully saturated rings. The normalized spacial score (nSPS) is 10.0. The number of pyridine rings is 1. The zero-order valence-corrected chi connectivity index (χ0v) is 11.9. The number of methoxy groups -OCH3 is 1. The molecule has 0 N–H and O–H groups in total. The summed E-state index contributed by atoms with van der Waals surface area (Å²) in [7, 11) is 1.60. The van der Waals surface area contributed by atoms with Crippen LogP contribution in [0, 0.1) is 0 Å². The van der Waals surface area contributed by atoms with Crippen molar-refractivity contribution >= 4 is 21.9 Å². The Morgan fingerprint density at radius 3 is 2.84 bits per heavy atom. The molecule has 0 aliphatic carbocycles. The number of benzene rings is 1. The summed E-state index contributed by atoms with van der Waals surface area (Å²) < 4.78 is 11.0. The highest BCUT2D eigenvalue weighted by atomic mass is 79.9. The van der Waals surface area contributed by atoms with Gasteiger partial charge in [-0.2, -0.15) is 0 Å². The minimum atomic E-state index is -0.400. The number of hydrogen-bond donors (Lipinski definition) is 0. The number of ether oxygens (including phenoxy) is 2. The number of hydrogen-bond acceptors (Lipinski definition) is 4. The lowest BCUT2D eigenvalue weighted by molar-refractivity contribution is 0.0472. The molecular weight excluding hydrogens is 310 g/mol. The zero-order valence-electron chi connectivity index (χ0n) is 10.3. The molecule has 1 aromatic heterocycles. The third kappa shape index (κ3) is 3.79. The van der Waals surface area contributed by atoms with E-state index >= 15 is 0 Å². The van der Waals surface area contributed by atoms with E-state index in [0.29, 0.717) is 10.2 Å². The third-order valence-electron chi connectivity index (χ3n) is 2.47. The second kappa shape index (κ2) is 6.33. The smallest absolute Gasteiger partial charge is 0.340 e. The molecule has 1 heterocycles. The molecule has 0 spiro atoms. The van der Waals surface area contributed by atoms with Gasteiger partial charge in [-0.15, -0.1) is 0 Å². The van der Waals surface area contributed by atoms with Crippen LogP contribution in [-0.2, 0) is 11.3 Å². The molecule has 0 aliphatic heterocycles. The molecule has 0 aliphatic rings. The van der Waals surface area contributed by atoms with Gasteiger partial charge < -0.3 is 9.47 Å². The fraction of sp³-hybridized carbons (Fsp3) is 0.143. The lowest BCUT2D eigenvalue weighted by Gasteiger charge is -2.06. The average molecular weight is 322 g/mol. The van der Waals surface area contributed by atoms with Gasteiger partial charge in [-0.3, -0.25) is 0 Å². The number of carbonyl (C=O) groups is 1. The van der Waals surface area contributed by atoms with Crippen molar-refractivity contribution in [1.29, 1.82) is 0 Å². The number of aromatic nitrogens is 1. The minimum Gasteiger partial charge on any atom is -0.497 e. The van der Waals surface area contributed by atoms with Gasteiger partial charge in [-0.25, -0.2) is 9.78 Å². The molecule has 98 valence electrons. The standard InChI is InChI=1S/C14H12BrNO3/c1-18-12-4-2-3-10(7-12)9-19-14(17)11-5-6-13(15)16-8-11/h2-8H,9H2,1H3. The Bertz CT molecular complexity index is 569. The fourth-order valence-corrected chi connectivity index (χ4v) is 1.73. The monoisotopic (exact) mass is 321 g/mol. The summed E-state index contributed by atoms with van der Waals surface area (Å²) >= 11 is 3.21. The Morgan fingerprint density at radius 2 is 2.16 bits per heavy atom. The molecule has 0 unspecified atom stereocenters. The van der Waals surface area contributed by atoms with E-state index in [1.807, 2.05) is 24.3 Å². The Labute approximate surface area is 119 Å². The Balaban J connectivity index is 1.98. The maximum atomic E-state index is 11.8. The van der Waals surface area contributed by atoms with Gasteiger partial charge in [0.25, 0.3) is 0 Å². The van der Waals surface area contributed by atoms with Gasteiger partial charge in [0.2, 0.25) is 0 Å². The van der Waals surface area contributed by atoms with Gasteiger partial charge in [0, 0.05) is 6.20 Å². The number of rotatable bonds is 4. The molecule has 5 heteroatoms. The summed E-state index contributed by atoms with van der Waals surface area (Å²) in [5, 5.41) is 0. The zero-order chi connectivity index (χ0) is 13.7. The molecule has 0 amide bonds. The lowest BCUT2D eigenvalue weighted by Crippen LogP contribution is -2.05. The predicted octanol–water partition coefficient (Wildman–Crippen LogP) is 3.21. The molecule has 1 aromatic carbocycles. The van der Waals surface area contributed by atoms with Crippen LogP contribution in [0.5, 0.6) is 5.75 Å². The van der Waals surface area contributed by atoms with Crippen LogP contribution in [-0.4, -0.2) is 18.1 Å². The number of nitrogens with zero attached hydrogens (tertiary/aromatic N) is 1. The Morgan fingerprint density at radius 1 is 1.32 bits per heavy atom. The molecule has 0 saturated carbocycles. The van der Waals surface area contributed by atoms with Crippen LogP contribution < -0.4 is 4.74 Å². The highest BCUT2D eigenvalue weighted by Crippen LogP contribution is 2.14. The largest absolute Gasteiger partial charge is 0.497 e. The molecule has 2 rings (SSSR count). The van der Waals surface area contributed by atoms with E-state index in [4.69, 9.17) is 9.47 Å². The van der Waals surface area contributed by atoms with E-state index in [1.54, 1.807) is 19.2 Å². The van der Waals surface area contributed by atoms with Crippen molar-refractivity contribution in [2.45, 2.75) is 6.61 Å². The molecule has 19 heavy (non-hydrogen) atoms. The van der Waals surface area contributed by atoms with E-state index in [9.17, 15) is 4.79 Å². The fourth-order valence-electron chi connectivity index (χ4n) is 1.49. The van der Waals surface area contributed by atoms with Crippen molar-refractivity contribution in [2.24, 2.45) is 0 Å². The van der Waals surface area contributed by atoms with Gasteiger partial charge in [-0.05, 0) is 45.8 Å². The van der Waals surface area contributed by atoms with Gasteiger partial charge in [-0.1, -0.05) is 12.1 Å². The van der Waals surface area contributed by atoms with Gasteiger partial charge in [0.05, 0.1) is 12.7 Å². The average Bonchev–Trinajstić information content (AvgIpc) is 2.46. The first-order chi connectivity index (χ1) is 9.19. The van der Waals surface area contributed by atoms with Crippen molar-refractivity contribution in [3.63, 3.8) is 0 Å². The second-order valence-corrected chi connectivity index (χ2v) is 4.61. The number of carbonyl (C=O) groups excluding carboxylic acids is 1. The van der Waals surface area contributed by atoms with E-state index < -0.39 is 5.97 Å². The maximum Gasteiger partial charge on any atom is 0.340 e. The van der Waals surface area contributed by atoms with Gasteiger partial charge >= 0.3 is 5.97 Å². The van der Waals surface area contributed by atoms with Crippen LogP contribution in [0.1, 0.15) is 15.9 Å². The summed E-state index contributed by atoms with van der Waals surface area (Å²) in [6, 6.07) is 10.7. The highest BCUT2D eigenvalue weighted by molar-refractivity contribution is 9.10. The van der Waals surface area contributed by atoms with Crippen LogP contribution in [0.3, 0.4) is 0 Å². The summed E-state index contributed by atoms with van der Waals surface area (Å²) in [5.41, 5.74) is 1.30. The Kier molecular flexibility index (Phi) is 4.52. The molecule has 0 saturated heterocycles. The summed E-state index contributed by atoms with van der Waals surface area (Å²) in [6.45, 7) is 0.200. The molecule has 4 nitrogen and oxygen atoms in total. The number of esters is 1. The van der Waals surface area contributed by atoms with E-state index in [0.717, 1.165) is 11.3 Å². The SMILES string of the molecule is COc1cccc(COC(=O)c2ccc(Br)nc2)c1. The van der Waals surface area contributed by atoms with Crippen molar-refractivity contribution in [1.82, 2.24) is 4.98 Å².